The number of nitrogens with one attached hydrogen (secondary N) is 1. The third-order valence-electron chi connectivity index (χ3n) is 5.29. The molecule has 1 aromatic carbocycles. The molecule has 176 valence electrons. The topological polar surface area (TPSA) is 92.0 Å². The summed E-state index contributed by atoms with van der Waals surface area (Å²) in [4.78, 5) is 23.5. The minimum Gasteiger partial charge on any atom is -0.478 e. The number of hydrogen-bond donors (Lipinski definition) is 2. The molecule has 4 heterocycles. The second kappa shape index (κ2) is 11.6. The SMILES string of the molecule is CC.CC.O=C(O)c1cc2ccc(NCCN3CCOCC3)nc2n2c1nc1ccccc12. The Bertz CT molecular complexity index is 1220. The minimum absolute atomic E-state index is 0.170. The van der Waals surface area contributed by atoms with Gasteiger partial charge in [0, 0.05) is 31.6 Å². The Morgan fingerprint density at radius 1 is 1.03 bits per heavy atom. The zero-order valence-electron chi connectivity index (χ0n) is 19.8. The number of aromatic carboxylic acids is 1. The van der Waals surface area contributed by atoms with E-state index in [-0.39, 0.29) is 5.56 Å². The van der Waals surface area contributed by atoms with Crippen LogP contribution in [0.2, 0.25) is 0 Å². The van der Waals surface area contributed by atoms with Crippen molar-refractivity contribution >= 4 is 39.5 Å². The fraction of sp³-hybridized carbons (Fsp3) is 0.400. The van der Waals surface area contributed by atoms with Crippen molar-refractivity contribution in [2.75, 3.05) is 44.7 Å². The van der Waals surface area contributed by atoms with E-state index in [1.54, 1.807) is 6.07 Å². The van der Waals surface area contributed by atoms with Gasteiger partial charge in [0.15, 0.2) is 5.65 Å². The summed E-state index contributed by atoms with van der Waals surface area (Å²) in [6, 6.07) is 13.1. The van der Waals surface area contributed by atoms with Crippen LogP contribution in [-0.2, 0) is 4.74 Å². The average Bonchev–Trinajstić information content (AvgIpc) is 3.26. The van der Waals surface area contributed by atoms with Gasteiger partial charge in [0.05, 0.1) is 24.2 Å². The molecule has 0 aliphatic carbocycles. The van der Waals surface area contributed by atoms with Crippen LogP contribution in [0, 0.1) is 0 Å². The molecule has 0 atom stereocenters. The van der Waals surface area contributed by atoms with Crippen molar-refractivity contribution < 1.29 is 14.6 Å². The van der Waals surface area contributed by atoms with Gasteiger partial charge in [-0.3, -0.25) is 9.30 Å². The summed E-state index contributed by atoms with van der Waals surface area (Å²) < 4.78 is 7.22. The van der Waals surface area contributed by atoms with Crippen LogP contribution in [0.1, 0.15) is 38.1 Å². The summed E-state index contributed by atoms with van der Waals surface area (Å²) in [5.74, 6) is -0.243. The van der Waals surface area contributed by atoms with Crippen LogP contribution in [0.25, 0.3) is 27.7 Å². The molecular formula is C25H33N5O3. The highest BCUT2D eigenvalue weighted by Crippen LogP contribution is 2.26. The van der Waals surface area contributed by atoms with Gasteiger partial charge < -0.3 is 15.2 Å². The standard InChI is InChI=1S/C21H21N5O3.2C2H6/c27-21(28)15-13-14-5-6-18(22-7-8-25-9-11-29-12-10-25)24-19(14)26-17-4-2-1-3-16(17)23-20(15)26;2*1-2/h1-6,13H,7-12H2,(H,22,24)(H,27,28);2*1-2H3. The Kier molecular flexibility index (Phi) is 8.57. The summed E-state index contributed by atoms with van der Waals surface area (Å²) in [5, 5.41) is 13.8. The number of fused-ring (bicyclic) bond motifs is 5. The molecule has 8 nitrogen and oxygen atoms in total. The third-order valence-corrected chi connectivity index (χ3v) is 5.29. The van der Waals surface area contributed by atoms with E-state index in [2.05, 4.69) is 15.2 Å². The van der Waals surface area contributed by atoms with Crippen molar-refractivity contribution in [3.8, 4) is 0 Å². The molecule has 0 bridgehead atoms. The van der Waals surface area contributed by atoms with Crippen LogP contribution in [0.15, 0.2) is 42.5 Å². The lowest BCUT2D eigenvalue weighted by Crippen LogP contribution is -2.39. The van der Waals surface area contributed by atoms with Crippen LogP contribution >= 0.6 is 0 Å². The number of carboxylic acids is 1. The molecule has 0 spiro atoms. The molecular weight excluding hydrogens is 418 g/mol. The van der Waals surface area contributed by atoms with E-state index in [0.717, 1.165) is 61.6 Å². The van der Waals surface area contributed by atoms with Crippen molar-refractivity contribution in [2.24, 2.45) is 0 Å². The first-order chi connectivity index (χ1) is 16.2. The number of imidazole rings is 1. The van der Waals surface area contributed by atoms with Crippen molar-refractivity contribution in [3.63, 3.8) is 0 Å². The molecule has 0 unspecified atom stereocenters. The highest BCUT2D eigenvalue weighted by Gasteiger charge is 2.18. The van der Waals surface area contributed by atoms with Crippen molar-refractivity contribution in [1.82, 2.24) is 19.3 Å². The van der Waals surface area contributed by atoms with Crippen molar-refractivity contribution in [1.29, 1.82) is 0 Å². The van der Waals surface area contributed by atoms with E-state index in [4.69, 9.17) is 9.72 Å². The van der Waals surface area contributed by atoms with Gasteiger partial charge in [-0.1, -0.05) is 39.8 Å². The van der Waals surface area contributed by atoms with Gasteiger partial charge in [0.25, 0.3) is 0 Å². The zero-order chi connectivity index (χ0) is 23.8. The first-order valence-electron chi connectivity index (χ1n) is 11.7. The first kappa shape index (κ1) is 24.4. The van der Waals surface area contributed by atoms with Crippen molar-refractivity contribution in [3.05, 3.63) is 48.0 Å². The molecule has 3 aromatic heterocycles. The molecule has 5 rings (SSSR count). The fourth-order valence-electron chi connectivity index (χ4n) is 3.81. The molecule has 1 fully saturated rings. The fourth-order valence-corrected chi connectivity index (χ4v) is 3.81. The Balaban J connectivity index is 0.000000728. The molecule has 4 aromatic rings. The maximum absolute atomic E-state index is 11.8. The number of benzene rings is 1. The molecule has 1 saturated heterocycles. The Labute approximate surface area is 194 Å². The first-order valence-corrected chi connectivity index (χ1v) is 11.7. The van der Waals surface area contributed by atoms with E-state index in [1.807, 2.05) is 68.5 Å². The van der Waals surface area contributed by atoms with E-state index < -0.39 is 5.97 Å². The Morgan fingerprint density at radius 2 is 1.76 bits per heavy atom. The van der Waals surface area contributed by atoms with Crippen LogP contribution in [0.3, 0.4) is 0 Å². The predicted octanol–water partition coefficient (Wildman–Crippen LogP) is 4.53. The lowest BCUT2D eigenvalue weighted by molar-refractivity contribution is 0.0398. The average molecular weight is 452 g/mol. The summed E-state index contributed by atoms with van der Waals surface area (Å²) in [7, 11) is 0. The number of carbonyl (C=O) groups is 1. The van der Waals surface area contributed by atoms with Gasteiger partial charge in [-0.25, -0.2) is 14.8 Å². The molecule has 33 heavy (non-hydrogen) atoms. The number of rotatable bonds is 5. The molecule has 1 aliphatic rings. The third kappa shape index (κ3) is 5.23. The van der Waals surface area contributed by atoms with Crippen molar-refractivity contribution in [2.45, 2.75) is 27.7 Å². The maximum Gasteiger partial charge on any atom is 0.339 e. The second-order valence-electron chi connectivity index (χ2n) is 7.11. The number of para-hydroxylation sites is 2. The lowest BCUT2D eigenvalue weighted by atomic mass is 10.2. The summed E-state index contributed by atoms with van der Waals surface area (Å²) in [5.41, 5.74) is 2.85. The number of carboxylic acid groups (broad SMARTS) is 1. The zero-order valence-corrected chi connectivity index (χ0v) is 19.8. The van der Waals surface area contributed by atoms with Crippen LogP contribution in [0.4, 0.5) is 5.82 Å². The maximum atomic E-state index is 11.8. The number of anilines is 1. The number of ether oxygens (including phenoxy) is 1. The Hall–Kier alpha value is -3.23. The van der Waals surface area contributed by atoms with Gasteiger partial charge in [-0.05, 0) is 30.3 Å². The van der Waals surface area contributed by atoms with Gasteiger partial charge in [0.2, 0.25) is 0 Å². The van der Waals surface area contributed by atoms with E-state index >= 15 is 0 Å². The summed E-state index contributed by atoms with van der Waals surface area (Å²) in [6.45, 7) is 13.2. The lowest BCUT2D eigenvalue weighted by Gasteiger charge is -2.26. The smallest absolute Gasteiger partial charge is 0.339 e. The number of morpholine rings is 1. The molecule has 8 heteroatoms. The molecule has 1 aliphatic heterocycles. The van der Waals surface area contributed by atoms with E-state index in [9.17, 15) is 9.90 Å². The molecule has 0 amide bonds. The van der Waals surface area contributed by atoms with E-state index in [0.29, 0.717) is 11.3 Å². The number of hydrogen-bond acceptors (Lipinski definition) is 6. The van der Waals surface area contributed by atoms with Gasteiger partial charge in [0.1, 0.15) is 17.0 Å². The monoisotopic (exact) mass is 451 g/mol. The predicted molar refractivity (Wildman–Crippen MR) is 133 cm³/mol. The van der Waals surface area contributed by atoms with Gasteiger partial charge in [-0.15, -0.1) is 0 Å². The normalized spacial score (nSPS) is 13.8. The quantitative estimate of drug-likeness (QED) is 0.460. The number of nitrogens with zero attached hydrogens (tertiary/aromatic N) is 4. The number of aromatic nitrogens is 3. The van der Waals surface area contributed by atoms with E-state index in [1.165, 1.54) is 0 Å². The molecule has 0 radical (unpaired) electrons. The van der Waals surface area contributed by atoms with Gasteiger partial charge in [-0.2, -0.15) is 0 Å². The second-order valence-corrected chi connectivity index (χ2v) is 7.11. The highest BCUT2D eigenvalue weighted by atomic mass is 16.5. The van der Waals surface area contributed by atoms with Gasteiger partial charge >= 0.3 is 5.97 Å². The van der Waals surface area contributed by atoms with Crippen LogP contribution in [-0.4, -0.2) is 69.7 Å². The summed E-state index contributed by atoms with van der Waals surface area (Å²) in [6.07, 6.45) is 0. The highest BCUT2D eigenvalue weighted by molar-refractivity contribution is 6.02. The van der Waals surface area contributed by atoms with Crippen LogP contribution < -0.4 is 5.32 Å². The number of pyridine rings is 2. The largest absolute Gasteiger partial charge is 0.478 e. The molecule has 2 N–H and O–H groups in total. The minimum atomic E-state index is -1.00. The Morgan fingerprint density at radius 3 is 2.48 bits per heavy atom. The molecule has 0 saturated carbocycles. The van der Waals surface area contributed by atoms with Crippen LogP contribution in [0.5, 0.6) is 0 Å². The summed E-state index contributed by atoms with van der Waals surface area (Å²) >= 11 is 0.